The van der Waals surface area contributed by atoms with E-state index >= 15 is 0 Å². The summed E-state index contributed by atoms with van der Waals surface area (Å²) in [6.45, 7) is 6.19. The molecule has 8 nitrogen and oxygen atoms in total. The molecule has 2 N–H and O–H groups in total. The van der Waals surface area contributed by atoms with Gasteiger partial charge < -0.3 is 15.0 Å². The van der Waals surface area contributed by atoms with Gasteiger partial charge in [-0.1, -0.05) is 26.8 Å². The number of benzene rings is 2. The van der Waals surface area contributed by atoms with Gasteiger partial charge in [-0.3, -0.25) is 9.59 Å². The van der Waals surface area contributed by atoms with Gasteiger partial charge in [-0.2, -0.15) is 4.72 Å². The maximum atomic E-state index is 13.2. The number of anilines is 2. The smallest absolute Gasteiger partial charge is 0.242 e. The number of sulfonamides is 1. The van der Waals surface area contributed by atoms with Gasteiger partial charge in [0.05, 0.1) is 12.0 Å². The van der Waals surface area contributed by atoms with Crippen LogP contribution in [-0.4, -0.2) is 39.9 Å². The van der Waals surface area contributed by atoms with Crippen molar-refractivity contribution in [2.24, 2.45) is 5.92 Å². The minimum absolute atomic E-state index is 0.00805. The molecular weight excluding hydrogens is 442 g/mol. The highest BCUT2D eigenvalue weighted by atomic mass is 32.2. The molecule has 0 aliphatic carbocycles. The molecule has 1 heterocycles. The number of carbonyl (C=O) groups excluding carboxylic acids is 2. The highest BCUT2D eigenvalue weighted by Crippen LogP contribution is 2.31. The minimum Gasteiger partial charge on any atom is -0.497 e. The zero-order chi connectivity index (χ0) is 24.2. The van der Waals surface area contributed by atoms with Gasteiger partial charge >= 0.3 is 0 Å². The highest BCUT2D eigenvalue weighted by Gasteiger charge is 2.29. The minimum atomic E-state index is -3.96. The number of carbonyl (C=O) groups is 2. The molecule has 9 heteroatoms. The lowest BCUT2D eigenvalue weighted by Crippen LogP contribution is -2.44. The maximum absolute atomic E-state index is 13.2. The monoisotopic (exact) mass is 473 g/mol. The zero-order valence-electron chi connectivity index (χ0n) is 19.4. The predicted octanol–water partition coefficient (Wildman–Crippen LogP) is 3.33. The van der Waals surface area contributed by atoms with Crippen molar-refractivity contribution < 1.29 is 22.7 Å². The molecule has 2 aromatic carbocycles. The Kier molecular flexibility index (Phi) is 7.76. The Hall–Kier alpha value is -2.91. The fraction of sp³-hybridized carbons (Fsp3) is 0.417. The number of ether oxygens (including phenoxy) is 1. The van der Waals surface area contributed by atoms with Crippen LogP contribution in [0.5, 0.6) is 5.75 Å². The second-order valence-electron chi connectivity index (χ2n) is 8.46. The van der Waals surface area contributed by atoms with E-state index in [1.807, 2.05) is 13.8 Å². The predicted molar refractivity (Wildman–Crippen MR) is 128 cm³/mol. The Bertz CT molecular complexity index is 1130. The summed E-state index contributed by atoms with van der Waals surface area (Å²) in [4.78, 5) is 26.8. The van der Waals surface area contributed by atoms with Gasteiger partial charge in [-0.05, 0) is 54.7 Å². The van der Waals surface area contributed by atoms with Crippen molar-refractivity contribution in [1.29, 1.82) is 0 Å². The third-order valence-electron chi connectivity index (χ3n) is 5.52. The van der Waals surface area contributed by atoms with E-state index in [0.717, 1.165) is 11.3 Å². The first kappa shape index (κ1) is 24.7. The summed E-state index contributed by atoms with van der Waals surface area (Å²) in [5.74, 6) is 0.236. The summed E-state index contributed by atoms with van der Waals surface area (Å²) in [6, 6.07) is 10.7. The molecule has 3 rings (SSSR count). The number of nitrogens with one attached hydrogen (secondary N) is 2. The molecule has 178 valence electrons. The average Bonchev–Trinajstić information content (AvgIpc) is 3.21. The van der Waals surface area contributed by atoms with E-state index in [2.05, 4.69) is 10.0 Å². The maximum Gasteiger partial charge on any atom is 0.242 e. The lowest BCUT2D eigenvalue weighted by Gasteiger charge is -2.21. The van der Waals surface area contributed by atoms with E-state index in [1.165, 1.54) is 13.2 Å². The van der Waals surface area contributed by atoms with Crippen LogP contribution in [0.4, 0.5) is 11.4 Å². The number of amides is 2. The number of nitrogens with zero attached hydrogens (tertiary/aromatic N) is 1. The Morgan fingerprint density at radius 2 is 1.91 bits per heavy atom. The van der Waals surface area contributed by atoms with Crippen LogP contribution in [0.25, 0.3) is 0 Å². The highest BCUT2D eigenvalue weighted by molar-refractivity contribution is 7.89. The SMILES string of the molecule is CCC(=O)N1CCc2cc(S(=O)(=O)N[C@H](CC(C)C)C(=O)Nc3cccc(OC)c3)ccc21. The second-order valence-corrected chi connectivity index (χ2v) is 10.2. The summed E-state index contributed by atoms with van der Waals surface area (Å²) >= 11 is 0. The Balaban J connectivity index is 1.81. The van der Waals surface area contributed by atoms with E-state index in [4.69, 9.17) is 4.74 Å². The van der Waals surface area contributed by atoms with Gasteiger partial charge in [0, 0.05) is 30.4 Å². The third-order valence-corrected chi connectivity index (χ3v) is 6.99. The molecule has 0 radical (unpaired) electrons. The number of hydrogen-bond donors (Lipinski definition) is 2. The lowest BCUT2D eigenvalue weighted by molar-refractivity contribution is -0.118. The summed E-state index contributed by atoms with van der Waals surface area (Å²) in [5.41, 5.74) is 2.07. The van der Waals surface area contributed by atoms with Gasteiger partial charge in [0.25, 0.3) is 0 Å². The van der Waals surface area contributed by atoms with Crippen molar-refractivity contribution in [3.8, 4) is 5.75 Å². The molecule has 0 saturated carbocycles. The van der Waals surface area contributed by atoms with E-state index in [-0.39, 0.29) is 16.7 Å². The summed E-state index contributed by atoms with van der Waals surface area (Å²) in [7, 11) is -2.43. The van der Waals surface area contributed by atoms with Crippen molar-refractivity contribution in [3.63, 3.8) is 0 Å². The Labute approximate surface area is 195 Å². The van der Waals surface area contributed by atoms with Crippen molar-refractivity contribution >= 4 is 33.2 Å². The number of fused-ring (bicyclic) bond motifs is 1. The molecule has 0 bridgehead atoms. The third kappa shape index (κ3) is 5.91. The van der Waals surface area contributed by atoms with Crippen LogP contribution in [-0.2, 0) is 26.0 Å². The Morgan fingerprint density at radius 3 is 2.58 bits per heavy atom. The van der Waals surface area contributed by atoms with Crippen molar-refractivity contribution in [1.82, 2.24) is 4.72 Å². The lowest BCUT2D eigenvalue weighted by atomic mass is 10.0. The molecule has 0 fully saturated rings. The first-order valence-electron chi connectivity index (χ1n) is 11.0. The molecule has 0 spiro atoms. The average molecular weight is 474 g/mol. The summed E-state index contributed by atoms with van der Waals surface area (Å²) < 4.78 is 34.1. The van der Waals surface area contributed by atoms with E-state index in [0.29, 0.717) is 37.2 Å². The van der Waals surface area contributed by atoms with Gasteiger partial charge in [-0.15, -0.1) is 0 Å². The standard InChI is InChI=1S/C24H31N3O5S/c1-5-23(28)27-12-11-17-14-20(9-10-22(17)27)33(30,31)26-21(13-16(2)3)24(29)25-18-7-6-8-19(15-18)32-4/h6-10,14-16,21,26H,5,11-13H2,1-4H3,(H,25,29)/t21-/m1/s1. The normalized spacial score (nSPS) is 14.2. The number of hydrogen-bond acceptors (Lipinski definition) is 5. The van der Waals surface area contributed by atoms with Crippen LogP contribution in [0.15, 0.2) is 47.4 Å². The number of rotatable bonds is 9. The van der Waals surface area contributed by atoms with Crippen molar-refractivity contribution in [2.45, 2.75) is 51.0 Å². The molecular formula is C24H31N3O5S. The van der Waals surface area contributed by atoms with Crippen LogP contribution >= 0.6 is 0 Å². The summed E-state index contributed by atoms with van der Waals surface area (Å²) in [6.07, 6.45) is 1.31. The molecule has 0 unspecified atom stereocenters. The van der Waals surface area contributed by atoms with Gasteiger partial charge in [-0.25, -0.2) is 8.42 Å². The largest absolute Gasteiger partial charge is 0.497 e. The first-order valence-corrected chi connectivity index (χ1v) is 12.5. The van der Waals surface area contributed by atoms with E-state index in [9.17, 15) is 18.0 Å². The quantitative estimate of drug-likeness (QED) is 0.581. The summed E-state index contributed by atoms with van der Waals surface area (Å²) in [5, 5.41) is 2.77. The second kappa shape index (κ2) is 10.4. The molecule has 33 heavy (non-hydrogen) atoms. The van der Waals surface area contributed by atoms with Crippen molar-refractivity contribution in [3.05, 3.63) is 48.0 Å². The zero-order valence-corrected chi connectivity index (χ0v) is 20.2. The molecule has 0 aromatic heterocycles. The van der Waals surface area contributed by atoms with E-state index in [1.54, 1.807) is 48.2 Å². The van der Waals surface area contributed by atoms with Crippen LogP contribution in [0, 0.1) is 5.92 Å². The molecule has 0 saturated heterocycles. The number of methoxy groups -OCH3 is 1. The van der Waals surface area contributed by atoms with Crippen LogP contribution in [0.3, 0.4) is 0 Å². The van der Waals surface area contributed by atoms with Crippen LogP contribution in [0.2, 0.25) is 0 Å². The van der Waals surface area contributed by atoms with Gasteiger partial charge in [0.15, 0.2) is 0 Å². The molecule has 1 aliphatic rings. The topological polar surface area (TPSA) is 105 Å². The molecule has 1 atom stereocenters. The Morgan fingerprint density at radius 1 is 1.15 bits per heavy atom. The van der Waals surface area contributed by atoms with Gasteiger partial charge in [0.1, 0.15) is 11.8 Å². The fourth-order valence-corrected chi connectivity index (χ4v) is 5.12. The molecule has 1 aliphatic heterocycles. The van der Waals surface area contributed by atoms with E-state index < -0.39 is 22.0 Å². The van der Waals surface area contributed by atoms with Crippen molar-refractivity contribution in [2.75, 3.05) is 23.9 Å². The fourth-order valence-electron chi connectivity index (χ4n) is 3.86. The molecule has 2 aromatic rings. The van der Waals surface area contributed by atoms with Gasteiger partial charge in [0.2, 0.25) is 21.8 Å². The van der Waals surface area contributed by atoms with Crippen LogP contribution in [0.1, 0.15) is 39.2 Å². The first-order chi connectivity index (χ1) is 15.6. The van der Waals surface area contributed by atoms with Crippen LogP contribution < -0.4 is 19.7 Å². The molecule has 2 amide bonds.